The predicted octanol–water partition coefficient (Wildman–Crippen LogP) is 1.39. The number of nitrogens with zero attached hydrogens (tertiary/aromatic N) is 3. The summed E-state index contributed by atoms with van der Waals surface area (Å²) >= 11 is 3.48. The number of hydrogen-bond donors (Lipinski definition) is 2. The monoisotopic (exact) mass is 315 g/mol. The van der Waals surface area contributed by atoms with Crippen molar-refractivity contribution in [3.05, 3.63) is 10.7 Å². The van der Waals surface area contributed by atoms with Crippen LogP contribution in [0.5, 0.6) is 0 Å². The van der Waals surface area contributed by atoms with Gasteiger partial charge in [-0.05, 0) is 34.7 Å². The molecule has 0 radical (unpaired) electrons. The summed E-state index contributed by atoms with van der Waals surface area (Å²) in [4.78, 5) is 10.7. The van der Waals surface area contributed by atoms with Crippen LogP contribution < -0.4 is 16.2 Å². The third kappa shape index (κ3) is 3.09. The number of nitrogens with two attached hydrogens (primary N) is 1. The second kappa shape index (κ2) is 6.31. The highest BCUT2D eigenvalue weighted by Gasteiger charge is 2.21. The number of rotatable bonds is 4. The van der Waals surface area contributed by atoms with Crippen LogP contribution >= 0.6 is 15.9 Å². The smallest absolute Gasteiger partial charge is 0.239 e. The fourth-order valence-electron chi connectivity index (χ4n) is 2.20. The van der Waals surface area contributed by atoms with Crippen molar-refractivity contribution in [2.24, 2.45) is 11.8 Å². The highest BCUT2D eigenvalue weighted by molar-refractivity contribution is 9.10. The summed E-state index contributed by atoms with van der Waals surface area (Å²) < 4.78 is 6.10. The maximum Gasteiger partial charge on any atom is 0.239 e. The lowest BCUT2D eigenvalue weighted by Crippen LogP contribution is -2.36. The van der Waals surface area contributed by atoms with Gasteiger partial charge in [0.05, 0.1) is 4.47 Å². The maximum atomic E-state index is 5.33. The summed E-state index contributed by atoms with van der Waals surface area (Å²) in [5.74, 6) is 7.32. The van der Waals surface area contributed by atoms with Crippen LogP contribution in [0.2, 0.25) is 0 Å². The zero-order valence-corrected chi connectivity index (χ0v) is 12.0. The highest BCUT2D eigenvalue weighted by atomic mass is 79.9. The summed E-state index contributed by atoms with van der Waals surface area (Å²) in [7, 11) is 1.76. The van der Waals surface area contributed by atoms with Crippen molar-refractivity contribution in [3.8, 4) is 0 Å². The molecule has 7 heteroatoms. The molecule has 1 aliphatic heterocycles. The Morgan fingerprint density at radius 2 is 2.28 bits per heavy atom. The van der Waals surface area contributed by atoms with Gasteiger partial charge in [-0.25, -0.2) is 10.8 Å². The predicted molar refractivity (Wildman–Crippen MR) is 74.4 cm³/mol. The fourth-order valence-corrected chi connectivity index (χ4v) is 2.64. The number of anilines is 2. The van der Waals surface area contributed by atoms with Crippen LogP contribution in [0.25, 0.3) is 0 Å². The first-order chi connectivity index (χ1) is 8.74. The van der Waals surface area contributed by atoms with Gasteiger partial charge in [-0.3, -0.25) is 5.43 Å². The highest BCUT2D eigenvalue weighted by Crippen LogP contribution is 2.28. The summed E-state index contributed by atoms with van der Waals surface area (Å²) in [6.45, 7) is 2.80. The first kappa shape index (κ1) is 13.5. The standard InChI is InChI=1S/C11H18BrN5O/c1-18-7-8-2-4-17(5-3-8)10-9(12)6-14-11(15-10)16-13/h6,8H,2-5,7,13H2,1H3,(H,14,15,16). The van der Waals surface area contributed by atoms with Crippen LogP contribution in [-0.2, 0) is 4.74 Å². The van der Waals surface area contributed by atoms with E-state index in [4.69, 9.17) is 10.6 Å². The van der Waals surface area contributed by atoms with Crippen molar-refractivity contribution in [2.45, 2.75) is 12.8 Å². The Kier molecular flexibility index (Phi) is 4.73. The van der Waals surface area contributed by atoms with Crippen molar-refractivity contribution < 1.29 is 4.74 Å². The zero-order chi connectivity index (χ0) is 13.0. The van der Waals surface area contributed by atoms with Crippen LogP contribution in [0.15, 0.2) is 10.7 Å². The Labute approximate surface area is 115 Å². The molecule has 0 unspecified atom stereocenters. The summed E-state index contributed by atoms with van der Waals surface area (Å²) in [6, 6.07) is 0. The molecule has 0 aromatic carbocycles. The van der Waals surface area contributed by atoms with Gasteiger partial charge in [-0.1, -0.05) is 0 Å². The zero-order valence-electron chi connectivity index (χ0n) is 10.4. The largest absolute Gasteiger partial charge is 0.384 e. The molecule has 0 bridgehead atoms. The molecular formula is C11H18BrN5O. The van der Waals surface area contributed by atoms with E-state index in [2.05, 4.69) is 36.2 Å². The molecule has 0 saturated carbocycles. The molecule has 0 amide bonds. The summed E-state index contributed by atoms with van der Waals surface area (Å²) in [5, 5.41) is 0. The molecule has 6 nitrogen and oxygen atoms in total. The number of hydrogen-bond acceptors (Lipinski definition) is 6. The lowest BCUT2D eigenvalue weighted by atomic mass is 9.98. The van der Waals surface area contributed by atoms with E-state index >= 15 is 0 Å². The van der Waals surface area contributed by atoms with E-state index in [0.717, 1.165) is 42.8 Å². The molecule has 3 N–H and O–H groups in total. The number of piperidine rings is 1. The molecule has 0 aliphatic carbocycles. The first-order valence-electron chi connectivity index (χ1n) is 5.97. The minimum absolute atomic E-state index is 0.437. The van der Waals surface area contributed by atoms with Gasteiger partial charge in [0.25, 0.3) is 0 Å². The topological polar surface area (TPSA) is 76.3 Å². The number of nitrogen functional groups attached to an aromatic ring is 1. The van der Waals surface area contributed by atoms with E-state index in [1.165, 1.54) is 0 Å². The van der Waals surface area contributed by atoms with E-state index in [1.54, 1.807) is 13.3 Å². The van der Waals surface area contributed by atoms with Crippen LogP contribution in [-0.4, -0.2) is 36.8 Å². The van der Waals surface area contributed by atoms with E-state index < -0.39 is 0 Å². The van der Waals surface area contributed by atoms with Crippen LogP contribution in [0.1, 0.15) is 12.8 Å². The average Bonchev–Trinajstić information content (AvgIpc) is 2.41. The number of nitrogens with one attached hydrogen (secondary N) is 1. The van der Waals surface area contributed by atoms with E-state index in [1.807, 2.05) is 0 Å². The second-order valence-electron chi connectivity index (χ2n) is 4.40. The SMILES string of the molecule is COCC1CCN(c2nc(NN)ncc2Br)CC1. The number of ether oxygens (including phenoxy) is 1. The number of hydrazine groups is 1. The number of aromatic nitrogens is 2. The Morgan fingerprint density at radius 3 is 2.89 bits per heavy atom. The first-order valence-corrected chi connectivity index (χ1v) is 6.77. The van der Waals surface area contributed by atoms with E-state index in [-0.39, 0.29) is 0 Å². The molecule has 2 rings (SSSR count). The van der Waals surface area contributed by atoms with Gasteiger partial charge in [-0.15, -0.1) is 0 Å². The molecule has 0 spiro atoms. The van der Waals surface area contributed by atoms with Crippen molar-refractivity contribution in [1.82, 2.24) is 9.97 Å². The van der Waals surface area contributed by atoms with Crippen molar-refractivity contribution in [2.75, 3.05) is 37.1 Å². The molecule has 1 fully saturated rings. The van der Waals surface area contributed by atoms with Crippen molar-refractivity contribution >= 4 is 27.7 Å². The minimum Gasteiger partial charge on any atom is -0.384 e. The molecule has 2 heterocycles. The fraction of sp³-hybridized carbons (Fsp3) is 0.636. The Balaban J connectivity index is 2.04. The van der Waals surface area contributed by atoms with E-state index in [9.17, 15) is 0 Å². The average molecular weight is 316 g/mol. The molecule has 1 aromatic rings. The number of halogens is 1. The molecule has 1 aromatic heterocycles. The van der Waals surface area contributed by atoms with Crippen LogP contribution in [0, 0.1) is 5.92 Å². The van der Waals surface area contributed by atoms with Gasteiger partial charge >= 0.3 is 0 Å². The Bertz CT molecular complexity index is 395. The van der Waals surface area contributed by atoms with Gasteiger partial charge < -0.3 is 9.64 Å². The lowest BCUT2D eigenvalue weighted by Gasteiger charge is -2.33. The molecule has 18 heavy (non-hydrogen) atoms. The number of methoxy groups -OCH3 is 1. The van der Waals surface area contributed by atoms with Crippen molar-refractivity contribution in [3.63, 3.8) is 0 Å². The maximum absolute atomic E-state index is 5.33. The Hall–Kier alpha value is -0.920. The van der Waals surface area contributed by atoms with Gasteiger partial charge in [0, 0.05) is 33.0 Å². The third-order valence-corrected chi connectivity index (χ3v) is 3.73. The molecular weight excluding hydrogens is 298 g/mol. The normalized spacial score (nSPS) is 16.9. The molecule has 1 saturated heterocycles. The van der Waals surface area contributed by atoms with Gasteiger partial charge in [-0.2, -0.15) is 4.98 Å². The Morgan fingerprint density at radius 1 is 1.56 bits per heavy atom. The molecule has 0 atom stereocenters. The van der Waals surface area contributed by atoms with Crippen LogP contribution in [0.4, 0.5) is 11.8 Å². The van der Waals surface area contributed by atoms with Crippen molar-refractivity contribution in [1.29, 1.82) is 0 Å². The summed E-state index contributed by atoms with van der Waals surface area (Å²) in [5.41, 5.74) is 2.47. The van der Waals surface area contributed by atoms with Crippen LogP contribution in [0.3, 0.4) is 0 Å². The van der Waals surface area contributed by atoms with Gasteiger partial charge in [0.1, 0.15) is 5.82 Å². The minimum atomic E-state index is 0.437. The van der Waals surface area contributed by atoms with E-state index in [0.29, 0.717) is 11.9 Å². The van der Waals surface area contributed by atoms with Gasteiger partial charge in [0.15, 0.2) is 0 Å². The second-order valence-corrected chi connectivity index (χ2v) is 5.25. The van der Waals surface area contributed by atoms with Gasteiger partial charge in [0.2, 0.25) is 5.95 Å². The lowest BCUT2D eigenvalue weighted by molar-refractivity contribution is 0.139. The quantitative estimate of drug-likeness (QED) is 0.646. The molecule has 100 valence electrons. The third-order valence-electron chi connectivity index (χ3n) is 3.17. The molecule has 1 aliphatic rings. The summed E-state index contributed by atoms with van der Waals surface area (Å²) in [6.07, 6.45) is 3.96.